The van der Waals surface area contributed by atoms with Gasteiger partial charge >= 0.3 is 12.1 Å². The van der Waals surface area contributed by atoms with Crippen LogP contribution in [-0.2, 0) is 22.3 Å². The van der Waals surface area contributed by atoms with Crippen LogP contribution in [-0.4, -0.2) is 16.1 Å². The molecule has 0 aliphatic carbocycles. The summed E-state index contributed by atoms with van der Waals surface area (Å²) in [5, 5.41) is 7.42. The van der Waals surface area contributed by atoms with Crippen molar-refractivity contribution in [2.75, 3.05) is 0 Å². The number of halogens is 3. The van der Waals surface area contributed by atoms with Crippen molar-refractivity contribution in [3.63, 3.8) is 0 Å². The Morgan fingerprint density at radius 1 is 1.23 bits per heavy atom. The third-order valence-electron chi connectivity index (χ3n) is 3.23. The van der Waals surface area contributed by atoms with Gasteiger partial charge in [0.2, 0.25) is 5.82 Å². The van der Waals surface area contributed by atoms with Gasteiger partial charge in [0.05, 0.1) is 5.56 Å². The summed E-state index contributed by atoms with van der Waals surface area (Å²) in [6.07, 6.45) is -1.53. The molecular formula is C17H11F3N2O3S. The molecule has 1 aromatic carbocycles. The van der Waals surface area contributed by atoms with Crippen LogP contribution in [0.2, 0.25) is 0 Å². The van der Waals surface area contributed by atoms with Crippen molar-refractivity contribution in [2.24, 2.45) is 0 Å². The average Bonchev–Trinajstić information content (AvgIpc) is 3.29. The van der Waals surface area contributed by atoms with E-state index in [1.165, 1.54) is 29.5 Å². The Kier molecular flexibility index (Phi) is 5.17. The van der Waals surface area contributed by atoms with E-state index in [0.717, 1.165) is 17.7 Å². The van der Waals surface area contributed by atoms with Gasteiger partial charge in [-0.3, -0.25) is 0 Å². The van der Waals surface area contributed by atoms with Gasteiger partial charge in [0.25, 0.3) is 5.89 Å². The lowest BCUT2D eigenvalue weighted by Gasteiger charge is -2.05. The van der Waals surface area contributed by atoms with Crippen molar-refractivity contribution >= 4 is 23.4 Å². The summed E-state index contributed by atoms with van der Waals surface area (Å²) in [6.45, 7) is -0.236. The van der Waals surface area contributed by atoms with Crippen LogP contribution in [0.4, 0.5) is 13.2 Å². The average molecular weight is 380 g/mol. The Bertz CT molecular complexity index is 900. The number of rotatable bonds is 5. The molecule has 0 radical (unpaired) electrons. The largest absolute Gasteiger partial charge is 0.452 e. The molecule has 0 aliphatic heterocycles. The molecule has 3 aromatic rings. The van der Waals surface area contributed by atoms with Gasteiger partial charge in [0.1, 0.15) is 0 Å². The third kappa shape index (κ3) is 4.57. The number of alkyl halides is 3. The normalized spacial score (nSPS) is 11.8. The van der Waals surface area contributed by atoms with E-state index in [9.17, 15) is 18.0 Å². The Balaban J connectivity index is 1.58. The number of hydrogen-bond donors (Lipinski definition) is 0. The predicted octanol–water partition coefficient (Wildman–Crippen LogP) is 4.57. The van der Waals surface area contributed by atoms with Crippen LogP contribution < -0.4 is 0 Å². The van der Waals surface area contributed by atoms with Crippen molar-refractivity contribution in [3.8, 4) is 11.4 Å². The summed E-state index contributed by atoms with van der Waals surface area (Å²) >= 11 is 1.51. The number of carbonyl (C=O) groups is 1. The first kappa shape index (κ1) is 17.9. The van der Waals surface area contributed by atoms with Gasteiger partial charge in [-0.25, -0.2) is 4.79 Å². The van der Waals surface area contributed by atoms with E-state index < -0.39 is 17.7 Å². The minimum absolute atomic E-state index is 0.0391. The maximum Gasteiger partial charge on any atom is 0.416 e. The van der Waals surface area contributed by atoms with Crippen LogP contribution in [0.5, 0.6) is 0 Å². The lowest BCUT2D eigenvalue weighted by molar-refractivity contribution is -0.140. The third-order valence-corrected chi connectivity index (χ3v) is 3.93. The highest BCUT2D eigenvalue weighted by atomic mass is 32.1. The van der Waals surface area contributed by atoms with Gasteiger partial charge in [-0.05, 0) is 40.6 Å². The number of esters is 1. The fourth-order valence-electron chi connectivity index (χ4n) is 1.95. The summed E-state index contributed by atoms with van der Waals surface area (Å²) in [7, 11) is 0. The van der Waals surface area contributed by atoms with Crippen molar-refractivity contribution in [3.05, 3.63) is 64.2 Å². The van der Waals surface area contributed by atoms with Gasteiger partial charge in [0, 0.05) is 11.6 Å². The molecule has 0 aliphatic rings. The van der Waals surface area contributed by atoms with Crippen LogP contribution in [0, 0.1) is 0 Å². The van der Waals surface area contributed by atoms with E-state index >= 15 is 0 Å². The SMILES string of the molecule is O=C(/C=C/c1ccsc1)OCc1nc(-c2ccc(C(F)(F)F)cc2)no1. The Morgan fingerprint density at radius 2 is 2.00 bits per heavy atom. The summed E-state index contributed by atoms with van der Waals surface area (Å²) in [4.78, 5) is 15.6. The molecule has 0 amide bonds. The first-order chi connectivity index (χ1) is 12.4. The second kappa shape index (κ2) is 7.52. The fraction of sp³-hybridized carbons (Fsp3) is 0.118. The Hall–Kier alpha value is -2.94. The quantitative estimate of drug-likeness (QED) is 0.479. The second-order valence-electron chi connectivity index (χ2n) is 5.08. The molecule has 0 bridgehead atoms. The molecule has 0 spiro atoms. The molecule has 2 heterocycles. The number of ether oxygens (including phenoxy) is 1. The summed E-state index contributed by atoms with van der Waals surface area (Å²) in [5.41, 5.74) is 0.474. The van der Waals surface area contributed by atoms with E-state index in [1.54, 1.807) is 6.08 Å². The Labute approximate surface area is 149 Å². The molecule has 5 nitrogen and oxygen atoms in total. The number of thiophene rings is 1. The lowest BCUT2D eigenvalue weighted by Crippen LogP contribution is -2.04. The van der Waals surface area contributed by atoms with Gasteiger partial charge in [-0.15, -0.1) is 0 Å². The number of carbonyl (C=O) groups excluding carboxylic acids is 1. The maximum absolute atomic E-state index is 12.6. The minimum Gasteiger partial charge on any atom is -0.452 e. The molecule has 0 saturated heterocycles. The van der Waals surface area contributed by atoms with E-state index in [2.05, 4.69) is 10.1 Å². The summed E-state index contributed by atoms with van der Waals surface area (Å²) < 4.78 is 47.6. The zero-order chi connectivity index (χ0) is 18.6. The van der Waals surface area contributed by atoms with Crippen molar-refractivity contribution in [1.82, 2.24) is 10.1 Å². The van der Waals surface area contributed by atoms with Crippen molar-refractivity contribution in [1.29, 1.82) is 0 Å². The molecule has 134 valence electrons. The molecule has 0 unspecified atom stereocenters. The van der Waals surface area contributed by atoms with E-state index in [0.29, 0.717) is 5.56 Å². The number of nitrogens with zero attached hydrogens (tertiary/aromatic N) is 2. The van der Waals surface area contributed by atoms with Crippen LogP contribution in [0.3, 0.4) is 0 Å². The first-order valence-electron chi connectivity index (χ1n) is 7.29. The molecule has 0 atom stereocenters. The molecule has 2 aromatic heterocycles. The van der Waals surface area contributed by atoms with Crippen LogP contribution >= 0.6 is 11.3 Å². The molecule has 0 fully saturated rings. The molecule has 9 heteroatoms. The monoisotopic (exact) mass is 380 g/mol. The van der Waals surface area contributed by atoms with Gasteiger partial charge in [0.15, 0.2) is 6.61 Å². The number of benzene rings is 1. The highest BCUT2D eigenvalue weighted by Gasteiger charge is 2.30. The summed E-state index contributed by atoms with van der Waals surface area (Å²) in [6, 6.07) is 6.20. The van der Waals surface area contributed by atoms with Gasteiger partial charge < -0.3 is 9.26 Å². The zero-order valence-corrected chi connectivity index (χ0v) is 13.9. The molecular weight excluding hydrogens is 369 g/mol. The smallest absolute Gasteiger partial charge is 0.416 e. The van der Waals surface area contributed by atoms with Gasteiger partial charge in [-0.1, -0.05) is 17.3 Å². The van der Waals surface area contributed by atoms with Crippen LogP contribution in [0.1, 0.15) is 17.0 Å². The maximum atomic E-state index is 12.6. The van der Waals surface area contributed by atoms with E-state index in [4.69, 9.17) is 9.26 Å². The minimum atomic E-state index is -4.41. The topological polar surface area (TPSA) is 65.2 Å². The molecule has 26 heavy (non-hydrogen) atoms. The van der Waals surface area contributed by atoms with Crippen LogP contribution in [0.15, 0.2) is 51.7 Å². The standard InChI is InChI=1S/C17H11F3N2O3S/c18-17(19,20)13-4-2-12(3-5-13)16-21-14(25-22-16)9-24-15(23)6-1-11-7-8-26-10-11/h1-8,10H,9H2/b6-1+. The first-order valence-corrected chi connectivity index (χ1v) is 8.23. The van der Waals surface area contributed by atoms with E-state index in [1.807, 2.05) is 16.8 Å². The van der Waals surface area contributed by atoms with Crippen molar-refractivity contribution < 1.29 is 27.2 Å². The Morgan fingerprint density at radius 3 is 2.65 bits per heavy atom. The zero-order valence-electron chi connectivity index (χ0n) is 13.1. The van der Waals surface area contributed by atoms with Crippen LogP contribution in [0.25, 0.3) is 17.5 Å². The highest BCUT2D eigenvalue weighted by molar-refractivity contribution is 7.08. The number of aromatic nitrogens is 2. The molecule has 0 saturated carbocycles. The van der Waals surface area contributed by atoms with E-state index in [-0.39, 0.29) is 18.3 Å². The highest BCUT2D eigenvalue weighted by Crippen LogP contribution is 2.30. The molecule has 0 N–H and O–H groups in total. The predicted molar refractivity (Wildman–Crippen MR) is 87.9 cm³/mol. The van der Waals surface area contributed by atoms with Gasteiger partial charge in [-0.2, -0.15) is 29.5 Å². The fourth-order valence-corrected chi connectivity index (χ4v) is 2.58. The second-order valence-corrected chi connectivity index (χ2v) is 5.86. The lowest BCUT2D eigenvalue weighted by atomic mass is 10.1. The summed E-state index contributed by atoms with van der Waals surface area (Å²) in [5.74, 6) is -0.429. The molecule has 3 rings (SSSR count). The van der Waals surface area contributed by atoms with Crippen molar-refractivity contribution in [2.45, 2.75) is 12.8 Å². The number of hydrogen-bond acceptors (Lipinski definition) is 6.